The first-order valence-electron chi connectivity index (χ1n) is 12.1. The summed E-state index contributed by atoms with van der Waals surface area (Å²) < 4.78 is 6.48. The standard InChI is InChI=1S/C30H34N2O/c1-18(2)23-9-8-10-24(19(3)4)29(23)32-16-15-31(22(32)7)28-21(6)12-14-26-25-13-11-20(5)17-27(25)33-30(26)28/h8-19,22H,1-7H3/t22-/m1/s1. The Morgan fingerprint density at radius 2 is 1.36 bits per heavy atom. The summed E-state index contributed by atoms with van der Waals surface area (Å²) >= 11 is 0. The first kappa shape index (κ1) is 21.6. The minimum absolute atomic E-state index is 0.140. The van der Waals surface area contributed by atoms with Crippen molar-refractivity contribution in [3.05, 3.63) is 83.2 Å². The Morgan fingerprint density at radius 1 is 0.758 bits per heavy atom. The van der Waals surface area contributed by atoms with E-state index in [4.69, 9.17) is 4.42 Å². The Bertz CT molecular complexity index is 1350. The third-order valence-electron chi connectivity index (χ3n) is 7.02. The summed E-state index contributed by atoms with van der Waals surface area (Å²) in [6, 6.07) is 17.7. The zero-order valence-electron chi connectivity index (χ0n) is 20.8. The number of furan rings is 1. The predicted octanol–water partition coefficient (Wildman–Crippen LogP) is 8.59. The van der Waals surface area contributed by atoms with E-state index in [1.807, 2.05) is 0 Å². The van der Waals surface area contributed by atoms with Crippen LogP contribution in [0.15, 0.2) is 65.3 Å². The third kappa shape index (κ3) is 3.42. The number of hydrogen-bond donors (Lipinski definition) is 0. The quantitative estimate of drug-likeness (QED) is 0.318. The lowest BCUT2D eigenvalue weighted by molar-refractivity contribution is 0.661. The fraction of sp³-hybridized carbons (Fsp3) is 0.333. The van der Waals surface area contributed by atoms with Crippen molar-refractivity contribution in [1.29, 1.82) is 0 Å². The maximum Gasteiger partial charge on any atom is 0.159 e. The number of aryl methyl sites for hydroxylation is 2. The van der Waals surface area contributed by atoms with Crippen LogP contribution < -0.4 is 9.80 Å². The maximum atomic E-state index is 6.48. The van der Waals surface area contributed by atoms with Crippen LogP contribution in [0.3, 0.4) is 0 Å². The molecule has 1 aliphatic rings. The molecule has 33 heavy (non-hydrogen) atoms. The lowest BCUT2D eigenvalue weighted by Crippen LogP contribution is -2.37. The molecule has 2 heterocycles. The third-order valence-corrected chi connectivity index (χ3v) is 7.02. The van der Waals surface area contributed by atoms with E-state index < -0.39 is 0 Å². The van der Waals surface area contributed by atoms with E-state index in [0.29, 0.717) is 11.8 Å². The Kier molecular flexibility index (Phi) is 5.23. The second-order valence-corrected chi connectivity index (χ2v) is 10.0. The van der Waals surface area contributed by atoms with Crippen molar-refractivity contribution >= 4 is 33.3 Å². The SMILES string of the molecule is Cc1ccc2c(c1)oc1c(N3C=CN(c4c(C(C)C)cccc4C(C)C)[C@@H]3C)c(C)ccc12. The second kappa shape index (κ2) is 7.98. The number of nitrogens with zero attached hydrogens (tertiary/aromatic N) is 2. The van der Waals surface area contributed by atoms with Crippen LogP contribution in [0.1, 0.15) is 68.7 Å². The Labute approximate surface area is 197 Å². The molecular weight excluding hydrogens is 404 g/mol. The average molecular weight is 439 g/mol. The molecule has 3 nitrogen and oxygen atoms in total. The van der Waals surface area contributed by atoms with Crippen molar-refractivity contribution < 1.29 is 4.42 Å². The Balaban J connectivity index is 1.65. The van der Waals surface area contributed by atoms with Gasteiger partial charge in [-0.15, -0.1) is 0 Å². The van der Waals surface area contributed by atoms with E-state index in [2.05, 4.69) is 119 Å². The Morgan fingerprint density at radius 3 is 2.00 bits per heavy atom. The van der Waals surface area contributed by atoms with E-state index in [1.165, 1.54) is 38.7 Å². The largest absolute Gasteiger partial charge is 0.454 e. The average Bonchev–Trinajstić information content (AvgIpc) is 3.32. The van der Waals surface area contributed by atoms with E-state index in [1.54, 1.807) is 0 Å². The van der Waals surface area contributed by atoms with Crippen molar-refractivity contribution in [2.45, 2.75) is 66.5 Å². The van der Waals surface area contributed by atoms with E-state index in [-0.39, 0.29) is 6.17 Å². The molecule has 0 N–H and O–H groups in total. The molecule has 0 saturated carbocycles. The molecule has 3 aromatic carbocycles. The number of para-hydroxylation sites is 1. The van der Waals surface area contributed by atoms with Gasteiger partial charge in [0.05, 0.1) is 5.69 Å². The van der Waals surface area contributed by atoms with Crippen molar-refractivity contribution in [3.63, 3.8) is 0 Å². The molecule has 4 aromatic rings. The summed E-state index contributed by atoms with van der Waals surface area (Å²) in [4.78, 5) is 4.81. The van der Waals surface area contributed by atoms with Gasteiger partial charge < -0.3 is 14.2 Å². The molecule has 0 spiro atoms. The van der Waals surface area contributed by atoms with Gasteiger partial charge in [0.2, 0.25) is 0 Å². The lowest BCUT2D eigenvalue weighted by Gasteiger charge is -2.34. The first-order valence-corrected chi connectivity index (χ1v) is 12.1. The molecule has 0 saturated heterocycles. The van der Waals surface area contributed by atoms with Crippen molar-refractivity contribution in [2.75, 3.05) is 9.80 Å². The van der Waals surface area contributed by atoms with Crippen LogP contribution in [-0.2, 0) is 0 Å². The molecule has 170 valence electrons. The summed E-state index contributed by atoms with van der Waals surface area (Å²) in [5, 5.41) is 2.35. The summed E-state index contributed by atoms with van der Waals surface area (Å²) in [7, 11) is 0. The van der Waals surface area contributed by atoms with Gasteiger partial charge in [-0.25, -0.2) is 0 Å². The summed E-state index contributed by atoms with van der Waals surface area (Å²) in [5.41, 5.74) is 9.65. The highest BCUT2D eigenvalue weighted by molar-refractivity contribution is 6.10. The normalized spacial score (nSPS) is 16.3. The van der Waals surface area contributed by atoms with Gasteiger partial charge in [0.15, 0.2) is 5.58 Å². The predicted molar refractivity (Wildman–Crippen MR) is 141 cm³/mol. The molecule has 1 aromatic heterocycles. The van der Waals surface area contributed by atoms with Gasteiger partial charge in [-0.2, -0.15) is 0 Å². The van der Waals surface area contributed by atoms with E-state index in [0.717, 1.165) is 16.9 Å². The minimum Gasteiger partial charge on any atom is -0.454 e. The first-order chi connectivity index (χ1) is 15.8. The van der Waals surface area contributed by atoms with E-state index in [9.17, 15) is 0 Å². The summed E-state index contributed by atoms with van der Waals surface area (Å²) in [6.45, 7) is 15.7. The number of anilines is 2. The molecule has 3 heteroatoms. The van der Waals surface area contributed by atoms with Gasteiger partial charge in [-0.05, 0) is 60.9 Å². The number of benzene rings is 3. The monoisotopic (exact) mass is 438 g/mol. The second-order valence-electron chi connectivity index (χ2n) is 10.0. The van der Waals surface area contributed by atoms with Gasteiger partial charge in [0, 0.05) is 28.9 Å². The zero-order valence-corrected chi connectivity index (χ0v) is 20.8. The molecule has 0 bridgehead atoms. The molecule has 0 aliphatic carbocycles. The minimum atomic E-state index is 0.140. The van der Waals surface area contributed by atoms with Crippen LogP contribution in [0.4, 0.5) is 11.4 Å². The smallest absolute Gasteiger partial charge is 0.159 e. The van der Waals surface area contributed by atoms with Gasteiger partial charge in [-0.1, -0.05) is 70.2 Å². The van der Waals surface area contributed by atoms with Crippen LogP contribution in [-0.4, -0.2) is 6.17 Å². The van der Waals surface area contributed by atoms with Crippen molar-refractivity contribution in [2.24, 2.45) is 0 Å². The number of fused-ring (bicyclic) bond motifs is 3. The molecule has 0 unspecified atom stereocenters. The van der Waals surface area contributed by atoms with Crippen LogP contribution in [0.2, 0.25) is 0 Å². The summed E-state index contributed by atoms with van der Waals surface area (Å²) in [6.07, 6.45) is 4.59. The summed E-state index contributed by atoms with van der Waals surface area (Å²) in [5.74, 6) is 0.911. The highest BCUT2D eigenvalue weighted by Crippen LogP contribution is 2.43. The highest BCUT2D eigenvalue weighted by atomic mass is 16.3. The molecule has 1 atom stereocenters. The Hall–Kier alpha value is -3.20. The molecular formula is C30H34N2O. The maximum absolute atomic E-state index is 6.48. The fourth-order valence-corrected chi connectivity index (χ4v) is 5.21. The van der Waals surface area contributed by atoms with Crippen molar-refractivity contribution in [3.8, 4) is 0 Å². The number of hydrogen-bond acceptors (Lipinski definition) is 3. The topological polar surface area (TPSA) is 19.6 Å². The highest BCUT2D eigenvalue weighted by Gasteiger charge is 2.31. The lowest BCUT2D eigenvalue weighted by atomic mass is 9.92. The van der Waals surface area contributed by atoms with Crippen LogP contribution in [0, 0.1) is 13.8 Å². The molecule has 1 aliphatic heterocycles. The van der Waals surface area contributed by atoms with Crippen LogP contribution in [0.25, 0.3) is 21.9 Å². The molecule has 0 amide bonds. The number of rotatable bonds is 4. The molecule has 0 radical (unpaired) electrons. The van der Waals surface area contributed by atoms with Gasteiger partial charge in [0.1, 0.15) is 11.7 Å². The molecule has 0 fully saturated rings. The van der Waals surface area contributed by atoms with Crippen molar-refractivity contribution in [1.82, 2.24) is 0 Å². The van der Waals surface area contributed by atoms with Gasteiger partial charge in [-0.3, -0.25) is 0 Å². The van der Waals surface area contributed by atoms with Crippen LogP contribution >= 0.6 is 0 Å². The fourth-order valence-electron chi connectivity index (χ4n) is 5.21. The van der Waals surface area contributed by atoms with Gasteiger partial charge >= 0.3 is 0 Å². The van der Waals surface area contributed by atoms with E-state index >= 15 is 0 Å². The van der Waals surface area contributed by atoms with Gasteiger partial charge in [0.25, 0.3) is 0 Å². The zero-order chi connectivity index (χ0) is 23.4. The van der Waals surface area contributed by atoms with Crippen LogP contribution in [0.5, 0.6) is 0 Å². The molecule has 5 rings (SSSR count).